The van der Waals surface area contributed by atoms with E-state index in [9.17, 15) is 9.59 Å². The number of hydrogen-bond acceptors (Lipinski definition) is 5. The Bertz CT molecular complexity index is 1140. The van der Waals surface area contributed by atoms with Gasteiger partial charge in [-0.3, -0.25) is 14.5 Å². The van der Waals surface area contributed by atoms with E-state index >= 15 is 0 Å². The Morgan fingerprint density at radius 2 is 1.80 bits per heavy atom. The van der Waals surface area contributed by atoms with Gasteiger partial charge in [-0.2, -0.15) is 0 Å². The Morgan fingerprint density at radius 1 is 1.06 bits per heavy atom. The van der Waals surface area contributed by atoms with Crippen molar-refractivity contribution < 1.29 is 19.1 Å². The van der Waals surface area contributed by atoms with Gasteiger partial charge in [-0.1, -0.05) is 36.6 Å². The number of anilines is 1. The van der Waals surface area contributed by atoms with Crippen molar-refractivity contribution >= 4 is 28.8 Å². The molecule has 1 atom stereocenters. The summed E-state index contributed by atoms with van der Waals surface area (Å²) in [6.07, 6.45) is 4.30. The Hall–Kier alpha value is -3.32. The van der Waals surface area contributed by atoms with Crippen LogP contribution in [0.25, 0.3) is 0 Å². The predicted molar refractivity (Wildman–Crippen MR) is 139 cm³/mol. The second kappa shape index (κ2) is 11.4. The number of carbonyl (C=O) groups is 2. The lowest BCUT2D eigenvalue weighted by Crippen LogP contribution is -2.47. The Morgan fingerprint density at radius 3 is 2.43 bits per heavy atom. The number of benzene rings is 2. The number of rotatable bonds is 9. The molecule has 1 saturated carbocycles. The molecule has 6 nitrogen and oxygen atoms in total. The molecule has 2 amide bonds. The zero-order chi connectivity index (χ0) is 24.8. The highest BCUT2D eigenvalue weighted by molar-refractivity contribution is 7.10. The van der Waals surface area contributed by atoms with E-state index in [1.54, 1.807) is 31.3 Å². The van der Waals surface area contributed by atoms with Crippen LogP contribution in [0.2, 0.25) is 0 Å². The van der Waals surface area contributed by atoms with Crippen molar-refractivity contribution in [2.24, 2.45) is 0 Å². The molecule has 1 fully saturated rings. The van der Waals surface area contributed by atoms with Gasteiger partial charge < -0.3 is 14.8 Å². The summed E-state index contributed by atoms with van der Waals surface area (Å²) in [5, 5.41) is 5.17. The predicted octanol–water partition coefficient (Wildman–Crippen LogP) is 5.45. The number of aryl methyl sites for hydroxylation is 1. The average molecular weight is 493 g/mol. The maximum atomic E-state index is 13.9. The zero-order valence-corrected chi connectivity index (χ0v) is 21.3. The van der Waals surface area contributed by atoms with Crippen LogP contribution < -0.4 is 19.7 Å². The molecule has 4 rings (SSSR count). The van der Waals surface area contributed by atoms with Gasteiger partial charge in [-0.15, -0.1) is 11.3 Å². The lowest BCUT2D eigenvalue weighted by molar-refractivity contribution is -0.127. The Balaban J connectivity index is 1.82. The van der Waals surface area contributed by atoms with Crippen molar-refractivity contribution in [1.29, 1.82) is 0 Å². The number of thiophene rings is 1. The Kier molecular flexibility index (Phi) is 8.08. The fourth-order valence-electron chi connectivity index (χ4n) is 4.58. The van der Waals surface area contributed by atoms with Crippen LogP contribution >= 0.6 is 11.3 Å². The summed E-state index contributed by atoms with van der Waals surface area (Å²) in [6, 6.07) is 16.2. The molecule has 1 N–H and O–H groups in total. The van der Waals surface area contributed by atoms with Crippen molar-refractivity contribution in [3.05, 3.63) is 76.0 Å². The summed E-state index contributed by atoms with van der Waals surface area (Å²) in [5.41, 5.74) is 2.36. The van der Waals surface area contributed by atoms with Gasteiger partial charge in [0.1, 0.15) is 17.5 Å². The molecular formula is C28H32N2O4S. The minimum Gasteiger partial charge on any atom is -0.497 e. The number of ether oxygens (including phenoxy) is 2. The third-order valence-corrected chi connectivity index (χ3v) is 7.31. The van der Waals surface area contributed by atoms with Crippen molar-refractivity contribution in [2.75, 3.05) is 19.1 Å². The molecule has 1 aromatic heterocycles. The monoisotopic (exact) mass is 492 g/mol. The van der Waals surface area contributed by atoms with E-state index in [0.717, 1.165) is 36.1 Å². The second-order valence-corrected chi connectivity index (χ2v) is 9.89. The van der Waals surface area contributed by atoms with Crippen LogP contribution in [0.1, 0.15) is 47.7 Å². The molecule has 0 spiro atoms. The van der Waals surface area contributed by atoms with E-state index in [4.69, 9.17) is 9.47 Å². The van der Waals surface area contributed by atoms with Gasteiger partial charge in [0.25, 0.3) is 0 Å². The number of methoxy groups -OCH3 is 2. The van der Waals surface area contributed by atoms with Crippen molar-refractivity contribution in [1.82, 2.24) is 5.32 Å². The maximum absolute atomic E-state index is 13.9. The fourth-order valence-corrected chi connectivity index (χ4v) is 5.28. The summed E-state index contributed by atoms with van der Waals surface area (Å²) in [6.45, 7) is 2.00. The van der Waals surface area contributed by atoms with E-state index in [1.807, 2.05) is 54.8 Å². The van der Waals surface area contributed by atoms with Gasteiger partial charge in [0.2, 0.25) is 11.8 Å². The first kappa shape index (κ1) is 24.8. The van der Waals surface area contributed by atoms with E-state index < -0.39 is 6.04 Å². The highest BCUT2D eigenvalue weighted by Crippen LogP contribution is 2.37. The van der Waals surface area contributed by atoms with Gasteiger partial charge in [0, 0.05) is 28.2 Å². The average Bonchev–Trinajstić information content (AvgIpc) is 3.57. The number of carbonyl (C=O) groups excluding carboxylic acids is 2. The molecule has 3 aromatic rings. The molecule has 0 unspecified atom stereocenters. The Labute approximate surface area is 210 Å². The van der Waals surface area contributed by atoms with Crippen molar-refractivity contribution in [3.8, 4) is 11.5 Å². The quantitative estimate of drug-likeness (QED) is 0.431. The van der Waals surface area contributed by atoms with Crippen LogP contribution in [0.5, 0.6) is 11.5 Å². The highest BCUT2D eigenvalue weighted by atomic mass is 32.1. The minimum atomic E-state index is -0.897. The van der Waals surface area contributed by atoms with Gasteiger partial charge in [0.05, 0.1) is 20.6 Å². The first-order valence-corrected chi connectivity index (χ1v) is 12.8. The zero-order valence-electron chi connectivity index (χ0n) is 20.5. The number of hydrogen-bond donors (Lipinski definition) is 1. The number of amides is 2. The van der Waals surface area contributed by atoms with E-state index in [2.05, 4.69) is 5.32 Å². The SMILES string of the molecule is COc1ccc([C@@H](C(=O)NC2CCCC2)N(C(=O)Cc2cccs2)c2ccc(C)cc2)c(OC)c1. The van der Waals surface area contributed by atoms with Crippen LogP contribution in [-0.2, 0) is 16.0 Å². The lowest BCUT2D eigenvalue weighted by atomic mass is 10.00. The molecule has 7 heteroatoms. The van der Waals surface area contributed by atoms with Crippen LogP contribution in [0.4, 0.5) is 5.69 Å². The molecule has 0 saturated heterocycles. The summed E-state index contributed by atoms with van der Waals surface area (Å²) < 4.78 is 11.1. The largest absolute Gasteiger partial charge is 0.497 e. The molecule has 184 valence electrons. The van der Waals surface area contributed by atoms with Crippen LogP contribution in [0.3, 0.4) is 0 Å². The third kappa shape index (κ3) is 5.85. The molecule has 2 aromatic carbocycles. The maximum Gasteiger partial charge on any atom is 0.248 e. The molecule has 1 aliphatic rings. The summed E-state index contributed by atoms with van der Waals surface area (Å²) in [7, 11) is 3.15. The van der Waals surface area contributed by atoms with E-state index in [1.165, 1.54) is 11.3 Å². The molecule has 0 bridgehead atoms. The molecule has 35 heavy (non-hydrogen) atoms. The molecule has 1 heterocycles. The van der Waals surface area contributed by atoms with E-state index in [-0.39, 0.29) is 24.3 Å². The van der Waals surface area contributed by atoms with Crippen LogP contribution in [0.15, 0.2) is 60.0 Å². The number of nitrogens with one attached hydrogen (secondary N) is 1. The molecule has 1 aliphatic carbocycles. The molecule has 0 aliphatic heterocycles. The van der Waals surface area contributed by atoms with Gasteiger partial charge >= 0.3 is 0 Å². The third-order valence-electron chi connectivity index (χ3n) is 6.43. The number of nitrogens with zero attached hydrogens (tertiary/aromatic N) is 1. The normalized spacial score (nSPS) is 14.4. The van der Waals surface area contributed by atoms with Gasteiger partial charge in [0.15, 0.2) is 0 Å². The van der Waals surface area contributed by atoms with Crippen LogP contribution in [-0.4, -0.2) is 32.1 Å². The van der Waals surface area contributed by atoms with E-state index in [0.29, 0.717) is 22.7 Å². The topological polar surface area (TPSA) is 67.9 Å². The fraction of sp³-hybridized carbons (Fsp3) is 0.357. The smallest absolute Gasteiger partial charge is 0.248 e. The molecular weight excluding hydrogens is 460 g/mol. The van der Waals surface area contributed by atoms with Crippen molar-refractivity contribution in [2.45, 2.75) is 51.1 Å². The minimum absolute atomic E-state index is 0.113. The second-order valence-electron chi connectivity index (χ2n) is 8.86. The molecule has 0 radical (unpaired) electrons. The van der Waals surface area contributed by atoms with Crippen molar-refractivity contribution in [3.63, 3.8) is 0 Å². The summed E-state index contributed by atoms with van der Waals surface area (Å²) in [4.78, 5) is 30.4. The van der Waals surface area contributed by atoms with Gasteiger partial charge in [-0.25, -0.2) is 0 Å². The summed E-state index contributed by atoms with van der Waals surface area (Å²) >= 11 is 1.53. The standard InChI is InChI=1S/C28H32N2O4S/c1-19-10-12-21(13-11-19)30(26(31)18-23-9-6-16-35-23)27(28(32)29-20-7-4-5-8-20)24-15-14-22(33-2)17-25(24)34-3/h6,9-17,20,27H,4-5,7-8,18H2,1-3H3,(H,29,32)/t27-/m0/s1. The van der Waals surface area contributed by atoms with Gasteiger partial charge in [-0.05, 0) is 55.5 Å². The highest BCUT2D eigenvalue weighted by Gasteiger charge is 2.36. The lowest BCUT2D eigenvalue weighted by Gasteiger charge is -2.33. The first-order valence-electron chi connectivity index (χ1n) is 11.9. The summed E-state index contributed by atoms with van der Waals surface area (Å²) in [5.74, 6) is 0.755. The van der Waals surface area contributed by atoms with Crippen LogP contribution in [0, 0.1) is 6.92 Å². The first-order chi connectivity index (χ1) is 17.0.